The average Bonchev–Trinajstić information content (AvgIpc) is 2.95. The molecule has 1 unspecified atom stereocenters. The van der Waals surface area contributed by atoms with Gasteiger partial charge in [0.05, 0.1) is 0 Å². The lowest BCUT2D eigenvalue weighted by Crippen LogP contribution is -2.30. The van der Waals surface area contributed by atoms with Gasteiger partial charge in [0, 0.05) is 19.3 Å². The van der Waals surface area contributed by atoms with Crippen molar-refractivity contribution in [3.05, 3.63) is 12.0 Å². The van der Waals surface area contributed by atoms with Crippen molar-refractivity contribution in [3.63, 3.8) is 0 Å². The van der Waals surface area contributed by atoms with E-state index in [1.807, 2.05) is 18.4 Å². The quantitative estimate of drug-likeness (QED) is 0.831. The molecule has 8 heteroatoms. The molecule has 6 nitrogen and oxygen atoms in total. The van der Waals surface area contributed by atoms with Crippen molar-refractivity contribution in [2.24, 2.45) is 5.92 Å². The van der Waals surface area contributed by atoms with E-state index >= 15 is 0 Å². The lowest BCUT2D eigenvalue weighted by Gasteiger charge is -2.08. The fourth-order valence-electron chi connectivity index (χ4n) is 2.12. The second kappa shape index (κ2) is 6.69. The number of hydrogen-bond donors (Lipinski definition) is 2. The van der Waals surface area contributed by atoms with Crippen LogP contribution < -0.4 is 10.0 Å². The highest BCUT2D eigenvalue weighted by Crippen LogP contribution is 2.11. The summed E-state index contributed by atoms with van der Waals surface area (Å²) in [6.45, 7) is 6.82. The summed E-state index contributed by atoms with van der Waals surface area (Å²) in [5.74, 6) is 1.11. The van der Waals surface area contributed by atoms with Crippen molar-refractivity contribution in [2.45, 2.75) is 31.8 Å². The average molecular weight is 309 g/mol. The molecule has 110 valence electrons. The molecule has 0 aromatic carbocycles. The van der Waals surface area contributed by atoms with Crippen LogP contribution in [-0.2, 0) is 16.6 Å². The third-order valence-electron chi connectivity index (χ3n) is 3.29. The highest BCUT2D eigenvalue weighted by molar-refractivity contribution is 7.89. The lowest BCUT2D eigenvalue weighted by atomic mass is 10.1. The van der Waals surface area contributed by atoms with Gasteiger partial charge in [-0.15, -0.1) is 12.4 Å². The van der Waals surface area contributed by atoms with E-state index in [-0.39, 0.29) is 17.4 Å². The van der Waals surface area contributed by atoms with Gasteiger partial charge in [0.25, 0.3) is 10.0 Å². The molecule has 1 aromatic heterocycles. The molecular formula is C11H21ClN4O2S. The Hall–Kier alpha value is -0.630. The van der Waals surface area contributed by atoms with Gasteiger partial charge < -0.3 is 9.88 Å². The number of nitrogens with one attached hydrogen (secondary N) is 2. The van der Waals surface area contributed by atoms with Crippen LogP contribution >= 0.6 is 12.4 Å². The lowest BCUT2D eigenvalue weighted by molar-refractivity contribution is 0.537. The zero-order chi connectivity index (χ0) is 13.2. The maximum atomic E-state index is 12.1. The fraction of sp³-hybridized carbons (Fsp3) is 0.727. The highest BCUT2D eigenvalue weighted by Gasteiger charge is 2.22. The molecule has 2 heterocycles. The topological polar surface area (TPSA) is 76.0 Å². The van der Waals surface area contributed by atoms with Crippen LogP contribution in [-0.4, -0.2) is 37.6 Å². The molecular weight excluding hydrogens is 288 g/mol. The van der Waals surface area contributed by atoms with Gasteiger partial charge in [-0.25, -0.2) is 18.1 Å². The van der Waals surface area contributed by atoms with Crippen LogP contribution in [0.25, 0.3) is 0 Å². The molecule has 0 radical (unpaired) electrons. The third kappa shape index (κ3) is 3.92. The number of aryl methyl sites for hydroxylation is 2. The maximum Gasteiger partial charge on any atom is 0.259 e. The first-order chi connectivity index (χ1) is 8.53. The smallest absolute Gasteiger partial charge is 0.259 e. The predicted molar refractivity (Wildman–Crippen MR) is 76.1 cm³/mol. The van der Waals surface area contributed by atoms with E-state index < -0.39 is 10.0 Å². The first-order valence-electron chi connectivity index (χ1n) is 6.27. The molecule has 0 saturated carbocycles. The van der Waals surface area contributed by atoms with E-state index in [0.29, 0.717) is 12.5 Å². The molecule has 0 amide bonds. The second-order valence-electron chi connectivity index (χ2n) is 4.62. The monoisotopic (exact) mass is 308 g/mol. The van der Waals surface area contributed by atoms with E-state index in [1.165, 1.54) is 0 Å². The first-order valence-corrected chi connectivity index (χ1v) is 7.75. The Labute approximate surface area is 120 Å². The number of sulfonamides is 1. The molecule has 1 aromatic rings. The van der Waals surface area contributed by atoms with Crippen LogP contribution in [0.3, 0.4) is 0 Å². The van der Waals surface area contributed by atoms with Crippen molar-refractivity contribution in [1.82, 2.24) is 19.6 Å². The number of halogens is 1. The summed E-state index contributed by atoms with van der Waals surface area (Å²) in [5.41, 5.74) is 0. The minimum atomic E-state index is -3.47. The largest absolute Gasteiger partial charge is 0.334 e. The molecule has 1 atom stereocenters. The first kappa shape index (κ1) is 16.4. The Bertz CT molecular complexity index is 509. The van der Waals surface area contributed by atoms with Gasteiger partial charge in [-0.05, 0) is 39.3 Å². The van der Waals surface area contributed by atoms with E-state index in [1.54, 1.807) is 6.20 Å². The van der Waals surface area contributed by atoms with Crippen LogP contribution in [0.15, 0.2) is 11.2 Å². The molecule has 0 bridgehead atoms. The van der Waals surface area contributed by atoms with Crippen molar-refractivity contribution < 1.29 is 8.42 Å². The van der Waals surface area contributed by atoms with Gasteiger partial charge in [0.2, 0.25) is 0 Å². The Kier molecular flexibility index (Phi) is 5.79. The molecule has 0 spiro atoms. The number of aromatic nitrogens is 2. The maximum absolute atomic E-state index is 12.1. The minimum absolute atomic E-state index is 0. The van der Waals surface area contributed by atoms with Crippen LogP contribution in [0, 0.1) is 12.8 Å². The van der Waals surface area contributed by atoms with Crippen molar-refractivity contribution in [1.29, 1.82) is 0 Å². The Morgan fingerprint density at radius 3 is 2.84 bits per heavy atom. The molecule has 1 aliphatic heterocycles. The second-order valence-corrected chi connectivity index (χ2v) is 6.34. The van der Waals surface area contributed by atoms with Gasteiger partial charge >= 0.3 is 0 Å². The van der Waals surface area contributed by atoms with Gasteiger partial charge in [-0.3, -0.25) is 0 Å². The number of nitrogens with zero attached hydrogens (tertiary/aromatic N) is 2. The van der Waals surface area contributed by atoms with E-state index in [9.17, 15) is 8.42 Å². The number of rotatable bonds is 5. The third-order valence-corrected chi connectivity index (χ3v) is 4.59. The predicted octanol–water partition coefficient (Wildman–Crippen LogP) is 0.521. The zero-order valence-electron chi connectivity index (χ0n) is 11.2. The molecule has 1 saturated heterocycles. The molecule has 0 aliphatic carbocycles. The van der Waals surface area contributed by atoms with Gasteiger partial charge in [0.15, 0.2) is 5.03 Å². The highest BCUT2D eigenvalue weighted by atomic mass is 35.5. The van der Waals surface area contributed by atoms with Crippen molar-refractivity contribution in [3.8, 4) is 0 Å². The standard InChI is InChI=1S/C11H20N4O2S.ClH/c1-3-15-8-11(14-9(15)2)18(16,17)13-7-10-4-5-12-6-10;/h8,10,12-13H,3-7H2,1-2H3;1H. The van der Waals surface area contributed by atoms with Crippen LogP contribution in [0.5, 0.6) is 0 Å². The zero-order valence-corrected chi connectivity index (χ0v) is 12.9. The summed E-state index contributed by atoms with van der Waals surface area (Å²) in [6, 6.07) is 0. The number of hydrogen-bond acceptors (Lipinski definition) is 4. The molecule has 2 N–H and O–H groups in total. The SMILES string of the molecule is CCn1cc(S(=O)(=O)NCC2CCNC2)nc1C.Cl. The fourth-order valence-corrected chi connectivity index (χ4v) is 3.24. The molecule has 2 rings (SSSR count). The van der Waals surface area contributed by atoms with Gasteiger partial charge in [0.1, 0.15) is 5.82 Å². The summed E-state index contributed by atoms with van der Waals surface area (Å²) in [7, 11) is -3.47. The van der Waals surface area contributed by atoms with Crippen molar-refractivity contribution in [2.75, 3.05) is 19.6 Å². The minimum Gasteiger partial charge on any atom is -0.334 e. The molecule has 1 fully saturated rings. The number of imidazole rings is 1. The normalized spacial score (nSPS) is 19.4. The summed E-state index contributed by atoms with van der Waals surface area (Å²) >= 11 is 0. The van der Waals surface area contributed by atoms with Crippen LogP contribution in [0.1, 0.15) is 19.2 Å². The summed E-state index contributed by atoms with van der Waals surface area (Å²) in [6.07, 6.45) is 2.61. The summed E-state index contributed by atoms with van der Waals surface area (Å²) in [5, 5.41) is 3.33. The van der Waals surface area contributed by atoms with E-state index in [0.717, 1.165) is 31.9 Å². The molecule has 1 aliphatic rings. The van der Waals surface area contributed by atoms with E-state index in [4.69, 9.17) is 0 Å². The van der Waals surface area contributed by atoms with Gasteiger partial charge in [-0.1, -0.05) is 0 Å². The van der Waals surface area contributed by atoms with Gasteiger partial charge in [-0.2, -0.15) is 0 Å². The Morgan fingerprint density at radius 1 is 1.58 bits per heavy atom. The Balaban J connectivity index is 0.00000180. The summed E-state index contributed by atoms with van der Waals surface area (Å²) in [4.78, 5) is 4.10. The molecule has 19 heavy (non-hydrogen) atoms. The van der Waals surface area contributed by atoms with Crippen LogP contribution in [0.2, 0.25) is 0 Å². The summed E-state index contributed by atoms with van der Waals surface area (Å²) < 4.78 is 28.6. The van der Waals surface area contributed by atoms with Crippen LogP contribution in [0.4, 0.5) is 0 Å². The van der Waals surface area contributed by atoms with E-state index in [2.05, 4.69) is 15.0 Å². The Morgan fingerprint density at radius 2 is 2.32 bits per heavy atom. The van der Waals surface area contributed by atoms with Crippen molar-refractivity contribution >= 4 is 22.4 Å².